The maximum atomic E-state index is 13.1. The second kappa shape index (κ2) is 12.1. The second-order valence-corrected chi connectivity index (χ2v) is 8.48. The minimum atomic E-state index is -0.921. The smallest absolute Gasteiger partial charge is 0.256 e. The van der Waals surface area contributed by atoms with Crippen molar-refractivity contribution in [2.75, 3.05) is 18.5 Å². The van der Waals surface area contributed by atoms with Gasteiger partial charge in [-0.3, -0.25) is 9.59 Å². The number of ketones is 1. The molecule has 0 aromatic heterocycles. The van der Waals surface area contributed by atoms with Gasteiger partial charge in [0, 0.05) is 28.8 Å². The van der Waals surface area contributed by atoms with Crippen molar-refractivity contribution in [2.45, 2.75) is 18.8 Å². The Morgan fingerprint density at radius 1 is 0.974 bits per heavy atom. The third-order valence-electron chi connectivity index (χ3n) is 6.06. The number of carbonyl (C=O) groups excluding carboxylic acids is 2. The number of carbonyl (C=O) groups is 2. The van der Waals surface area contributed by atoms with Crippen LogP contribution in [0, 0.1) is 36.0 Å². The number of hydrogen-bond acceptors (Lipinski definition) is 5. The van der Waals surface area contributed by atoms with Gasteiger partial charge in [-0.15, -0.1) is 12.8 Å². The van der Waals surface area contributed by atoms with Gasteiger partial charge in [-0.05, 0) is 41.8 Å². The fourth-order valence-electron chi connectivity index (χ4n) is 4.26. The summed E-state index contributed by atoms with van der Waals surface area (Å²) in [6, 6.07) is 21.8. The third-order valence-corrected chi connectivity index (χ3v) is 6.06. The molecule has 1 N–H and O–H groups in total. The zero-order valence-corrected chi connectivity index (χ0v) is 20.6. The number of nitriles is 1. The van der Waals surface area contributed by atoms with Crippen LogP contribution >= 0.6 is 0 Å². The Labute approximate surface area is 221 Å². The molecule has 4 rings (SSSR count). The van der Waals surface area contributed by atoms with Crippen LogP contribution in [-0.4, -0.2) is 24.9 Å². The lowest BCUT2D eigenvalue weighted by Crippen LogP contribution is -2.12. The summed E-state index contributed by atoms with van der Waals surface area (Å²) in [7, 11) is 0. The maximum Gasteiger partial charge on any atom is 0.256 e. The Morgan fingerprint density at radius 3 is 2.45 bits per heavy atom. The molecule has 1 atom stereocenters. The molecule has 1 aliphatic heterocycles. The van der Waals surface area contributed by atoms with Crippen molar-refractivity contribution in [3.63, 3.8) is 0 Å². The Balaban J connectivity index is 1.56. The zero-order chi connectivity index (χ0) is 26.9. The number of nitrogens with zero attached hydrogens (tertiary/aromatic N) is 1. The summed E-state index contributed by atoms with van der Waals surface area (Å²) in [5.74, 6) is 4.58. The molecule has 186 valence electrons. The summed E-state index contributed by atoms with van der Waals surface area (Å²) >= 11 is 0. The molecular formula is C32H24N2O4. The monoisotopic (exact) mass is 500 g/mol. The van der Waals surface area contributed by atoms with E-state index in [2.05, 4.69) is 23.2 Å². The van der Waals surface area contributed by atoms with E-state index < -0.39 is 5.92 Å². The van der Waals surface area contributed by atoms with Gasteiger partial charge in [-0.2, -0.15) is 5.26 Å². The number of terminal acetylenes is 2. The summed E-state index contributed by atoms with van der Waals surface area (Å²) in [6.45, 7) is 0.162. The second-order valence-electron chi connectivity index (χ2n) is 8.48. The van der Waals surface area contributed by atoms with E-state index in [9.17, 15) is 14.9 Å². The molecule has 6 heteroatoms. The highest BCUT2D eigenvalue weighted by Gasteiger charge is 2.25. The van der Waals surface area contributed by atoms with Crippen LogP contribution in [0.5, 0.6) is 11.5 Å². The van der Waals surface area contributed by atoms with Crippen molar-refractivity contribution < 1.29 is 19.1 Å². The first-order valence-electron chi connectivity index (χ1n) is 11.9. The predicted molar refractivity (Wildman–Crippen MR) is 146 cm³/mol. The van der Waals surface area contributed by atoms with Crippen LogP contribution < -0.4 is 14.8 Å². The topological polar surface area (TPSA) is 88.4 Å². The highest BCUT2D eigenvalue weighted by Crippen LogP contribution is 2.36. The van der Waals surface area contributed by atoms with Crippen LogP contribution in [0.3, 0.4) is 0 Å². The van der Waals surface area contributed by atoms with Crippen molar-refractivity contribution in [3.05, 3.63) is 89.0 Å². The third kappa shape index (κ3) is 5.76. The molecule has 1 unspecified atom stereocenters. The van der Waals surface area contributed by atoms with Gasteiger partial charge in [0.1, 0.15) is 30.6 Å². The highest BCUT2D eigenvalue weighted by atomic mass is 16.5. The summed E-state index contributed by atoms with van der Waals surface area (Å²) in [5, 5.41) is 12.6. The van der Waals surface area contributed by atoms with Gasteiger partial charge >= 0.3 is 0 Å². The fourth-order valence-corrected chi connectivity index (χ4v) is 4.26. The van der Waals surface area contributed by atoms with Crippen molar-refractivity contribution >= 4 is 29.0 Å². The fraction of sp³-hybridized carbons (Fsp3) is 0.156. The molecule has 0 bridgehead atoms. The Hall–Kier alpha value is -5.25. The minimum Gasteiger partial charge on any atom is -0.481 e. The first-order valence-corrected chi connectivity index (χ1v) is 11.9. The van der Waals surface area contributed by atoms with E-state index in [-0.39, 0.29) is 31.3 Å². The summed E-state index contributed by atoms with van der Waals surface area (Å²) in [6.07, 6.45) is 12.9. The highest BCUT2D eigenvalue weighted by molar-refractivity contribution is 6.35. The average molecular weight is 501 g/mol. The number of rotatable bonds is 10. The van der Waals surface area contributed by atoms with Crippen LogP contribution in [0.25, 0.3) is 11.6 Å². The number of hydrogen-bond donors (Lipinski definition) is 1. The van der Waals surface area contributed by atoms with E-state index in [0.717, 1.165) is 16.8 Å². The molecular weight excluding hydrogens is 476 g/mol. The molecule has 0 radical (unpaired) electrons. The van der Waals surface area contributed by atoms with Crippen LogP contribution in [0.1, 0.15) is 34.6 Å². The van der Waals surface area contributed by atoms with Crippen molar-refractivity contribution in [1.82, 2.24) is 0 Å². The Morgan fingerprint density at radius 2 is 1.71 bits per heavy atom. The van der Waals surface area contributed by atoms with E-state index >= 15 is 0 Å². The number of ether oxygens (including phenoxy) is 2. The van der Waals surface area contributed by atoms with Gasteiger partial charge in [0.2, 0.25) is 0 Å². The number of aryl methyl sites for hydroxylation is 1. The molecule has 3 aromatic carbocycles. The molecule has 6 nitrogen and oxygen atoms in total. The molecule has 0 fully saturated rings. The van der Waals surface area contributed by atoms with Crippen LogP contribution in [0.4, 0.5) is 5.69 Å². The Bertz CT molecular complexity index is 1510. The summed E-state index contributed by atoms with van der Waals surface area (Å²) in [4.78, 5) is 25.7. The zero-order valence-electron chi connectivity index (χ0n) is 20.6. The Kier molecular flexibility index (Phi) is 8.25. The van der Waals surface area contributed by atoms with E-state index in [4.69, 9.17) is 22.3 Å². The van der Waals surface area contributed by atoms with Gasteiger partial charge in [0.25, 0.3) is 5.91 Å². The van der Waals surface area contributed by atoms with Gasteiger partial charge in [-0.1, -0.05) is 60.4 Å². The molecule has 1 aliphatic rings. The predicted octanol–water partition coefficient (Wildman–Crippen LogP) is 5.01. The largest absolute Gasteiger partial charge is 0.481 e. The number of nitrogens with one attached hydrogen (secondary N) is 1. The van der Waals surface area contributed by atoms with E-state index in [1.165, 1.54) is 0 Å². The lowest BCUT2D eigenvalue weighted by Gasteiger charge is -2.14. The number of para-hydroxylation sites is 2. The van der Waals surface area contributed by atoms with Crippen molar-refractivity contribution in [3.8, 4) is 42.3 Å². The molecule has 1 heterocycles. The van der Waals surface area contributed by atoms with E-state index in [1.807, 2.05) is 42.5 Å². The SMILES string of the molecule is C#CCOc1ccc(C(C#N)C(=O)CCc2cccc(C=C3C(=O)Nc4ccccc43)c2OCC#C)cc1. The normalized spacial score (nSPS) is 13.4. The number of benzene rings is 3. The molecule has 0 spiro atoms. The van der Waals surface area contributed by atoms with Gasteiger partial charge < -0.3 is 14.8 Å². The average Bonchev–Trinajstić information content (AvgIpc) is 3.25. The lowest BCUT2D eigenvalue weighted by atomic mass is 9.91. The summed E-state index contributed by atoms with van der Waals surface area (Å²) in [5.41, 5.74) is 4.07. The lowest BCUT2D eigenvalue weighted by molar-refractivity contribution is -0.119. The van der Waals surface area contributed by atoms with Crippen LogP contribution in [0.2, 0.25) is 0 Å². The quantitative estimate of drug-likeness (QED) is 0.312. The maximum absolute atomic E-state index is 13.1. The number of fused-ring (bicyclic) bond motifs is 1. The minimum absolute atomic E-state index is 0.0266. The van der Waals surface area contributed by atoms with Crippen molar-refractivity contribution in [1.29, 1.82) is 5.26 Å². The molecule has 0 aliphatic carbocycles. The van der Waals surface area contributed by atoms with Gasteiger partial charge in [-0.25, -0.2) is 0 Å². The summed E-state index contributed by atoms with van der Waals surface area (Å²) < 4.78 is 11.2. The molecule has 38 heavy (non-hydrogen) atoms. The van der Waals surface area contributed by atoms with Crippen LogP contribution in [-0.2, 0) is 16.0 Å². The van der Waals surface area contributed by atoms with Crippen molar-refractivity contribution in [2.24, 2.45) is 0 Å². The van der Waals surface area contributed by atoms with Crippen LogP contribution in [0.15, 0.2) is 66.7 Å². The molecule has 3 aromatic rings. The van der Waals surface area contributed by atoms with Gasteiger partial charge in [0.05, 0.1) is 6.07 Å². The van der Waals surface area contributed by atoms with E-state index in [0.29, 0.717) is 34.6 Å². The standard InChI is InChI=1S/C32H24N2O4/c1-3-18-37-25-15-12-22(13-16-25)28(21-33)30(35)17-14-23-8-7-9-24(31(23)38-19-4-2)20-27-26-10-5-6-11-29(26)34-32(27)36/h1-2,5-13,15-16,20,28H,14,17-19H2,(H,34,36). The first kappa shape index (κ1) is 25.8. The van der Waals surface area contributed by atoms with Gasteiger partial charge in [0.15, 0.2) is 5.78 Å². The molecule has 1 amide bonds. The number of amides is 1. The molecule has 0 saturated heterocycles. The molecule has 0 saturated carbocycles. The first-order chi connectivity index (χ1) is 18.5. The number of Topliss-reactive ketones (excluding diaryl/α,β-unsaturated/α-hetero) is 1. The van der Waals surface area contributed by atoms with E-state index in [1.54, 1.807) is 30.3 Å². The number of anilines is 1.